The van der Waals surface area contributed by atoms with E-state index >= 15 is 0 Å². The first-order chi connectivity index (χ1) is 8.49. The Kier molecular flexibility index (Phi) is 3.39. The van der Waals surface area contributed by atoms with Gasteiger partial charge in [-0.25, -0.2) is 0 Å². The summed E-state index contributed by atoms with van der Waals surface area (Å²) in [5.41, 5.74) is 10.3. The summed E-state index contributed by atoms with van der Waals surface area (Å²) in [5.74, 6) is -0.0604. The zero-order valence-electron chi connectivity index (χ0n) is 10.7. The Morgan fingerprint density at radius 1 is 1.17 bits per heavy atom. The number of nitrogens with two attached hydrogens (primary N) is 1. The summed E-state index contributed by atoms with van der Waals surface area (Å²) in [6.45, 7) is 5.81. The maximum atomic E-state index is 12.1. The molecule has 0 bridgehead atoms. The maximum Gasteiger partial charge on any atom is 0.266 e. The topological polar surface area (TPSA) is 55.1 Å². The molecule has 18 heavy (non-hydrogen) atoms. The zero-order chi connectivity index (χ0) is 13.3. The van der Waals surface area contributed by atoms with Crippen LogP contribution in [0.4, 0.5) is 11.4 Å². The average Bonchev–Trinajstić information content (AvgIpc) is 2.72. The van der Waals surface area contributed by atoms with Gasteiger partial charge in [0, 0.05) is 11.4 Å². The number of benzene rings is 1. The standard InChI is InChI=1S/C14H16N2OS/c1-8-4-5-18-13(8)14(17)16-12-7-9(2)11(15)6-10(12)3/h4-7H,15H2,1-3H3,(H,16,17). The number of carbonyl (C=O) groups is 1. The van der Waals surface area contributed by atoms with Crippen molar-refractivity contribution >= 4 is 28.6 Å². The number of nitrogen functional groups attached to an aromatic ring is 1. The van der Waals surface area contributed by atoms with Crippen molar-refractivity contribution in [3.63, 3.8) is 0 Å². The highest BCUT2D eigenvalue weighted by molar-refractivity contribution is 7.12. The van der Waals surface area contributed by atoms with Gasteiger partial charge < -0.3 is 11.1 Å². The van der Waals surface area contributed by atoms with E-state index in [1.807, 2.05) is 44.4 Å². The minimum Gasteiger partial charge on any atom is -0.399 e. The lowest BCUT2D eigenvalue weighted by atomic mass is 10.1. The van der Waals surface area contributed by atoms with E-state index in [9.17, 15) is 4.79 Å². The van der Waals surface area contributed by atoms with Gasteiger partial charge in [-0.05, 0) is 61.0 Å². The summed E-state index contributed by atoms with van der Waals surface area (Å²) in [7, 11) is 0. The Morgan fingerprint density at radius 2 is 1.89 bits per heavy atom. The van der Waals surface area contributed by atoms with Crippen LogP contribution in [0.2, 0.25) is 0 Å². The molecule has 0 unspecified atom stereocenters. The van der Waals surface area contributed by atoms with Crippen molar-refractivity contribution in [1.29, 1.82) is 0 Å². The van der Waals surface area contributed by atoms with Crippen LogP contribution in [-0.2, 0) is 0 Å². The SMILES string of the molecule is Cc1cc(NC(=O)c2sccc2C)c(C)cc1N. The molecule has 2 aromatic rings. The van der Waals surface area contributed by atoms with Crippen LogP contribution in [0.15, 0.2) is 23.6 Å². The third-order valence-electron chi connectivity index (χ3n) is 2.93. The van der Waals surface area contributed by atoms with Gasteiger partial charge in [0.1, 0.15) is 0 Å². The first-order valence-electron chi connectivity index (χ1n) is 5.71. The highest BCUT2D eigenvalue weighted by atomic mass is 32.1. The van der Waals surface area contributed by atoms with Crippen molar-refractivity contribution in [3.8, 4) is 0 Å². The highest BCUT2D eigenvalue weighted by Crippen LogP contribution is 2.24. The smallest absolute Gasteiger partial charge is 0.266 e. The van der Waals surface area contributed by atoms with Crippen LogP contribution in [0.3, 0.4) is 0 Å². The second-order valence-electron chi connectivity index (χ2n) is 4.41. The third-order valence-corrected chi connectivity index (χ3v) is 3.94. The molecular weight excluding hydrogens is 244 g/mol. The number of hydrogen-bond acceptors (Lipinski definition) is 3. The molecule has 1 heterocycles. The average molecular weight is 260 g/mol. The van der Waals surface area contributed by atoms with E-state index < -0.39 is 0 Å². The van der Waals surface area contributed by atoms with Crippen LogP contribution in [0.25, 0.3) is 0 Å². The number of nitrogens with one attached hydrogen (secondary N) is 1. The molecule has 0 aliphatic carbocycles. The summed E-state index contributed by atoms with van der Waals surface area (Å²) < 4.78 is 0. The molecule has 0 spiro atoms. The fourth-order valence-corrected chi connectivity index (χ4v) is 2.58. The molecule has 1 aromatic heterocycles. The molecule has 1 aromatic carbocycles. The van der Waals surface area contributed by atoms with E-state index in [0.717, 1.165) is 32.9 Å². The fourth-order valence-electron chi connectivity index (χ4n) is 1.76. The highest BCUT2D eigenvalue weighted by Gasteiger charge is 2.12. The first-order valence-corrected chi connectivity index (χ1v) is 6.59. The molecule has 3 nitrogen and oxygen atoms in total. The summed E-state index contributed by atoms with van der Waals surface area (Å²) in [4.78, 5) is 12.9. The normalized spacial score (nSPS) is 10.4. The predicted octanol–water partition coefficient (Wildman–Crippen LogP) is 3.51. The fraction of sp³-hybridized carbons (Fsp3) is 0.214. The Bertz CT molecular complexity index is 602. The maximum absolute atomic E-state index is 12.1. The summed E-state index contributed by atoms with van der Waals surface area (Å²) in [6.07, 6.45) is 0. The van der Waals surface area contributed by atoms with Crippen LogP contribution >= 0.6 is 11.3 Å². The molecule has 0 radical (unpaired) electrons. The van der Waals surface area contributed by atoms with E-state index in [4.69, 9.17) is 5.73 Å². The lowest BCUT2D eigenvalue weighted by Gasteiger charge is -2.11. The molecule has 0 saturated heterocycles. The van der Waals surface area contributed by atoms with E-state index in [0.29, 0.717) is 0 Å². The molecular formula is C14H16N2OS. The van der Waals surface area contributed by atoms with Crippen molar-refractivity contribution in [2.75, 3.05) is 11.1 Å². The molecule has 0 aliphatic heterocycles. The molecule has 3 N–H and O–H groups in total. The number of aryl methyl sites for hydroxylation is 3. The van der Waals surface area contributed by atoms with Crippen LogP contribution in [0, 0.1) is 20.8 Å². The molecule has 0 aliphatic rings. The van der Waals surface area contributed by atoms with Gasteiger partial charge in [0.05, 0.1) is 4.88 Å². The molecule has 1 amide bonds. The van der Waals surface area contributed by atoms with Crippen LogP contribution in [0.1, 0.15) is 26.4 Å². The summed E-state index contributed by atoms with van der Waals surface area (Å²) >= 11 is 1.45. The molecule has 0 fully saturated rings. The van der Waals surface area contributed by atoms with Gasteiger partial charge in [0.15, 0.2) is 0 Å². The van der Waals surface area contributed by atoms with E-state index in [2.05, 4.69) is 5.32 Å². The first kappa shape index (κ1) is 12.6. The Balaban J connectivity index is 2.28. The van der Waals surface area contributed by atoms with Gasteiger partial charge >= 0.3 is 0 Å². The minimum atomic E-state index is -0.0604. The van der Waals surface area contributed by atoms with Crippen LogP contribution < -0.4 is 11.1 Å². The van der Waals surface area contributed by atoms with E-state index in [1.165, 1.54) is 11.3 Å². The summed E-state index contributed by atoms with van der Waals surface area (Å²) in [6, 6.07) is 5.73. The monoisotopic (exact) mass is 260 g/mol. The van der Waals surface area contributed by atoms with Crippen molar-refractivity contribution in [3.05, 3.63) is 45.1 Å². The molecule has 94 valence electrons. The van der Waals surface area contributed by atoms with Crippen molar-refractivity contribution in [2.45, 2.75) is 20.8 Å². The lowest BCUT2D eigenvalue weighted by Crippen LogP contribution is -2.12. The largest absolute Gasteiger partial charge is 0.399 e. The molecule has 2 rings (SSSR count). The summed E-state index contributed by atoms with van der Waals surface area (Å²) in [5, 5.41) is 4.86. The number of thiophene rings is 1. The molecule has 0 atom stereocenters. The quantitative estimate of drug-likeness (QED) is 0.812. The lowest BCUT2D eigenvalue weighted by molar-refractivity contribution is 0.103. The molecule has 4 heteroatoms. The van der Waals surface area contributed by atoms with Crippen molar-refractivity contribution in [2.24, 2.45) is 0 Å². The van der Waals surface area contributed by atoms with Crippen molar-refractivity contribution in [1.82, 2.24) is 0 Å². The second-order valence-corrected chi connectivity index (χ2v) is 5.33. The van der Waals surface area contributed by atoms with E-state index in [1.54, 1.807) is 0 Å². The number of anilines is 2. The third kappa shape index (κ3) is 2.38. The number of amides is 1. The van der Waals surface area contributed by atoms with Gasteiger partial charge in [-0.15, -0.1) is 11.3 Å². The van der Waals surface area contributed by atoms with Crippen LogP contribution in [-0.4, -0.2) is 5.91 Å². The second kappa shape index (κ2) is 4.82. The number of carbonyl (C=O) groups excluding carboxylic acids is 1. The Hall–Kier alpha value is -1.81. The van der Waals surface area contributed by atoms with Crippen LogP contribution in [0.5, 0.6) is 0 Å². The van der Waals surface area contributed by atoms with Gasteiger partial charge in [-0.3, -0.25) is 4.79 Å². The minimum absolute atomic E-state index is 0.0604. The molecule has 0 saturated carbocycles. The van der Waals surface area contributed by atoms with Gasteiger partial charge in [-0.2, -0.15) is 0 Å². The Labute approximate surface area is 111 Å². The van der Waals surface area contributed by atoms with Gasteiger partial charge in [0.2, 0.25) is 0 Å². The predicted molar refractivity (Wildman–Crippen MR) is 77.3 cm³/mol. The van der Waals surface area contributed by atoms with Crippen molar-refractivity contribution < 1.29 is 4.79 Å². The van der Waals surface area contributed by atoms with E-state index in [-0.39, 0.29) is 5.91 Å². The van der Waals surface area contributed by atoms with Gasteiger partial charge in [0.25, 0.3) is 5.91 Å². The Morgan fingerprint density at radius 3 is 2.50 bits per heavy atom. The number of hydrogen-bond donors (Lipinski definition) is 2. The zero-order valence-corrected chi connectivity index (χ0v) is 11.5. The van der Waals surface area contributed by atoms with Gasteiger partial charge in [-0.1, -0.05) is 0 Å². The number of rotatable bonds is 2.